The Morgan fingerprint density at radius 1 is 0.202 bits per heavy atom. The molecule has 13 aliphatic carbocycles. The Morgan fingerprint density at radius 2 is 0.395 bits per heavy atom. The Hall–Kier alpha value is -3.66. The highest BCUT2D eigenvalue weighted by molar-refractivity contribution is 5.54. The molecule has 0 amide bonds. The molecule has 0 heterocycles. The van der Waals surface area contributed by atoms with E-state index in [4.69, 9.17) is 0 Å². The van der Waals surface area contributed by atoms with Gasteiger partial charge in [0.05, 0.1) is 0 Å². The van der Waals surface area contributed by atoms with Crippen LogP contribution in [0.1, 0.15) is 510 Å². The predicted molar refractivity (Wildman–Crippen MR) is 541 cm³/mol. The third-order valence-corrected chi connectivity index (χ3v) is 43.6. The fourth-order valence-electron chi connectivity index (χ4n) is 25.3. The summed E-state index contributed by atoms with van der Waals surface area (Å²) in [4.78, 5) is 0. The van der Waals surface area contributed by atoms with Crippen molar-refractivity contribution in [3.05, 3.63) is 147 Å². The molecule has 0 atom stereocenters. The molecule has 13 aliphatic rings. The van der Waals surface area contributed by atoms with Crippen LogP contribution in [-0.2, 0) is 10.8 Å². The van der Waals surface area contributed by atoms with Crippen LogP contribution in [-0.4, -0.2) is 11.8 Å². The second-order valence-electron chi connectivity index (χ2n) is 50.8. The van der Waals surface area contributed by atoms with Crippen molar-refractivity contribution in [3.8, 4) is 0 Å². The van der Waals surface area contributed by atoms with E-state index in [1.165, 1.54) is 176 Å². The maximum absolute atomic E-state index is 12.8. The summed E-state index contributed by atoms with van der Waals surface area (Å²) in [6.07, 6.45) is 32.7. The summed E-state index contributed by atoms with van der Waals surface area (Å²) in [7, 11) is 0. The van der Waals surface area contributed by atoms with Crippen LogP contribution in [0.2, 0.25) is 0 Å². The van der Waals surface area contributed by atoms with E-state index in [1.54, 1.807) is 89.2 Å². The normalized spacial score (nSPS) is 27.7. The van der Waals surface area contributed by atoms with E-state index < -0.39 is 35.8 Å². The van der Waals surface area contributed by atoms with Crippen LogP contribution in [0.25, 0.3) is 0 Å². The Labute approximate surface area is 768 Å². The van der Waals surface area contributed by atoms with Crippen LogP contribution in [0.15, 0.2) is 136 Å². The third kappa shape index (κ3) is 20.2. The minimum atomic E-state index is -3.04. The first-order valence-electron chi connectivity index (χ1n) is 50.6. The molecule has 0 aromatic heterocycles. The molecule has 0 saturated heterocycles. The second-order valence-corrected chi connectivity index (χ2v) is 50.8. The van der Waals surface area contributed by atoms with Crippen molar-refractivity contribution in [2.45, 2.75) is 522 Å². The van der Waals surface area contributed by atoms with Crippen LogP contribution >= 0.6 is 0 Å². The lowest BCUT2D eigenvalue weighted by atomic mass is 9.40. The molecule has 0 unspecified atom stereocenters. The smallest absolute Gasteiger partial charge is 0.202 e. The highest BCUT2D eigenvalue weighted by Gasteiger charge is 2.61. The van der Waals surface area contributed by atoms with Gasteiger partial charge in [-0.3, -0.25) is 0 Å². The van der Waals surface area contributed by atoms with Gasteiger partial charge in [-0.15, -0.1) is 0 Å². The van der Waals surface area contributed by atoms with E-state index >= 15 is 0 Å². The number of hydrogen-bond donors (Lipinski definition) is 0. The van der Waals surface area contributed by atoms with E-state index in [2.05, 4.69) is 343 Å². The van der Waals surface area contributed by atoms with Crippen LogP contribution in [0.3, 0.4) is 0 Å². The van der Waals surface area contributed by atoms with Gasteiger partial charge >= 0.3 is 0 Å². The third-order valence-electron chi connectivity index (χ3n) is 43.6. The number of rotatable bonds is 4. The largest absolute Gasteiger partial charge is 0.269 e. The number of halogens is 4. The molecule has 4 heteroatoms. The van der Waals surface area contributed by atoms with Gasteiger partial charge in [-0.1, -0.05) is 331 Å². The van der Waals surface area contributed by atoms with Gasteiger partial charge in [0.2, 0.25) is 0 Å². The molecule has 4 fully saturated rings. The van der Waals surface area contributed by atoms with Crippen molar-refractivity contribution in [2.24, 2.45) is 86.6 Å². The quantitative estimate of drug-likeness (QED) is 0.208. The van der Waals surface area contributed by atoms with Gasteiger partial charge in [0.1, 0.15) is 0 Å². The van der Waals surface area contributed by atoms with E-state index in [0.29, 0.717) is 54.1 Å². The highest BCUT2D eigenvalue weighted by atomic mass is 19.3. The van der Waals surface area contributed by atoms with Gasteiger partial charge in [-0.2, -0.15) is 0 Å². The average molecular weight is 1720 g/mol. The summed E-state index contributed by atoms with van der Waals surface area (Å²) in [6, 6.07) is 8.88. The van der Waals surface area contributed by atoms with Gasteiger partial charge in [0.25, 0.3) is 11.8 Å². The molecule has 14 rings (SSSR count). The number of fused-ring (bicyclic) bond motifs is 1. The molecule has 0 aliphatic heterocycles. The first kappa shape index (κ1) is 109. The van der Waals surface area contributed by atoms with Crippen molar-refractivity contribution in [1.29, 1.82) is 0 Å². The zero-order valence-electron chi connectivity index (χ0n) is 91.2. The first-order valence-corrected chi connectivity index (χ1v) is 50.6. The summed E-state index contributed by atoms with van der Waals surface area (Å²) in [5.74, 6) is -6.07. The molecule has 708 valence electrons. The van der Waals surface area contributed by atoms with Crippen LogP contribution < -0.4 is 0 Å². The van der Waals surface area contributed by atoms with Gasteiger partial charge in [-0.25, -0.2) is 17.6 Å². The Balaban J connectivity index is 0.000000216. The van der Waals surface area contributed by atoms with E-state index in [9.17, 15) is 17.6 Å². The number of benzene rings is 1. The number of alkyl halides is 4. The summed E-state index contributed by atoms with van der Waals surface area (Å²) in [5.41, 5.74) is 39.2. The highest BCUT2D eigenvalue weighted by Crippen LogP contribution is 2.71. The fraction of sp³-hybridized carbons (Fsp3) is 0.783. The fourth-order valence-corrected chi connectivity index (χ4v) is 25.3. The second kappa shape index (κ2) is 37.1. The summed E-state index contributed by atoms with van der Waals surface area (Å²) < 4.78 is 51.2. The van der Waals surface area contributed by atoms with Gasteiger partial charge in [0.15, 0.2) is 0 Å². The van der Waals surface area contributed by atoms with Crippen molar-refractivity contribution in [3.63, 3.8) is 0 Å². The minimum Gasteiger partial charge on any atom is -0.202 e. The van der Waals surface area contributed by atoms with Crippen molar-refractivity contribution in [1.82, 2.24) is 0 Å². The molecule has 4 spiro atoms. The van der Waals surface area contributed by atoms with E-state index in [1.807, 2.05) is 0 Å². The monoisotopic (exact) mass is 1720 g/mol. The lowest BCUT2D eigenvalue weighted by Crippen LogP contribution is -2.56. The summed E-state index contributed by atoms with van der Waals surface area (Å²) >= 11 is 0. The first-order chi connectivity index (χ1) is 55.9. The summed E-state index contributed by atoms with van der Waals surface area (Å²) in [6.45, 7) is 111. The van der Waals surface area contributed by atoms with E-state index in [0.717, 1.165) is 24.7 Å². The van der Waals surface area contributed by atoms with Crippen LogP contribution in [0.5, 0.6) is 0 Å². The Morgan fingerprint density at radius 3 is 0.629 bits per heavy atom. The minimum absolute atomic E-state index is 0.177. The molecule has 0 bridgehead atoms. The number of hydrogen-bond acceptors (Lipinski definition) is 0. The Kier molecular flexibility index (Phi) is 32.6. The average Bonchev–Trinajstić information content (AvgIpc) is 1.12. The SMILES string of the molecule is CC1=C(C)C(C)(C)C(C)(C)C(C)(C)C1(C)C.CC1=C(C)C(C)(C)C(C)=C(C)C1(C)C.CC1=C(C)C(C)(C)CCC1(C)C.CC1=C(C)C(C)(C)c2ccccc2C1(C)C.CC1=C(C)C(F)(F)CCC1(F)F.CC1=C(C)C2(CC2)CCC12CC2.CC1=C(C)C2(CCC1(C)C)CC2.CC1=C(C)C2(CCCC2)CCC1(C)C.CCC1(CC)CCC(CC)(CC)C(C)=C1C. The molecule has 0 nitrogen and oxygen atoms in total. The van der Waals surface area contributed by atoms with Gasteiger partial charge in [-0.05, 0) is 367 Å². The maximum Gasteiger partial charge on any atom is 0.269 e. The van der Waals surface area contributed by atoms with Crippen molar-refractivity contribution in [2.75, 3.05) is 0 Å². The molecule has 1 aromatic rings. The van der Waals surface area contributed by atoms with Crippen LogP contribution in [0, 0.1) is 86.6 Å². The standard InChI is InChI=1S/C16H22.2C16H30.2C14H24.C12H18.C12H20.C12H22.C8H10F4/c1-11-12(2)16(5,6)14-10-8-7-9-13(14)15(11,3)4;1-11-12(2)14(5,6)16(9,10)15(7,8)13(11,3)4;1-7-15(8-2)11-12-16(9-3,10-4)14(6)13(15)5;1-11-12(2)14(7-5-6-8-14)10-9-13(11,3)4;1-9-10(2)14(7,8)12(4)11(3)13(9,5)6;1-9-10(2)12(5-6-12)8-7-11(9)3-4-11;1-9-10(2)12(7-8-12)6-5-11(9,3)4;1-9-10(2)12(5,6)8-7-11(9,3)4;1-5-6(2)8(11,12)4-3-7(5,9)10/h7-10H,1-6H3;1-10H3;7-12H2,1-6H3;5-10H2,1-4H3;1-8H3;3-8H2,1-2H3;5-8H2,1-4H3;7-8H2,1-6H3;3-4H2,1-2H3. The zero-order valence-corrected chi connectivity index (χ0v) is 91.2. The molecular weight excluding hydrogens is 1520 g/mol. The van der Waals surface area contributed by atoms with Crippen molar-refractivity contribution >= 4 is 0 Å². The molecule has 0 radical (unpaired) electrons. The Bertz CT molecular complexity index is 3900. The number of allylic oxidation sites excluding steroid dienone is 20. The molecular formula is C120H200F4. The van der Waals surface area contributed by atoms with Crippen molar-refractivity contribution < 1.29 is 17.6 Å². The molecule has 124 heavy (non-hydrogen) atoms. The van der Waals surface area contributed by atoms with Gasteiger partial charge < -0.3 is 0 Å². The zero-order chi connectivity index (χ0) is 95.9. The molecule has 0 N–H and O–H groups in total. The summed E-state index contributed by atoms with van der Waals surface area (Å²) in [5, 5.41) is 0. The predicted octanol–water partition coefficient (Wildman–Crippen LogP) is 40.3. The lowest BCUT2D eigenvalue weighted by molar-refractivity contribution is -0.0824. The van der Waals surface area contributed by atoms with E-state index in [-0.39, 0.29) is 32.5 Å². The molecule has 4 saturated carbocycles. The lowest BCUT2D eigenvalue weighted by Gasteiger charge is -2.64. The molecule has 1 aromatic carbocycles. The van der Waals surface area contributed by atoms with Gasteiger partial charge in [0, 0.05) is 45.6 Å². The maximum atomic E-state index is 12.8. The van der Waals surface area contributed by atoms with Crippen LogP contribution in [0.4, 0.5) is 17.6 Å². The topological polar surface area (TPSA) is 0 Å².